The van der Waals surface area contributed by atoms with E-state index in [1.54, 1.807) is 0 Å². The molecule has 0 saturated carbocycles. The highest BCUT2D eigenvalue weighted by Crippen LogP contribution is 2.43. The molecule has 3 unspecified atom stereocenters. The van der Waals surface area contributed by atoms with E-state index >= 15 is 0 Å². The quantitative estimate of drug-likeness (QED) is 0.0236. The summed E-state index contributed by atoms with van der Waals surface area (Å²) < 4.78 is 32.7. The number of esters is 2. The molecule has 0 aliphatic rings. The third kappa shape index (κ3) is 38.7. The molecule has 0 aromatic rings. The summed E-state index contributed by atoms with van der Waals surface area (Å²) in [5, 5.41) is 18.3. The first-order valence-electron chi connectivity index (χ1n) is 21.8. The number of hydrogen-bond donors (Lipinski definition) is 3. The number of aliphatic hydroxyl groups is 2. The van der Waals surface area contributed by atoms with Crippen molar-refractivity contribution in [3.63, 3.8) is 0 Å². The van der Waals surface area contributed by atoms with Gasteiger partial charge in [0.2, 0.25) is 0 Å². The van der Waals surface area contributed by atoms with Crippen LogP contribution in [0.25, 0.3) is 0 Å². The summed E-state index contributed by atoms with van der Waals surface area (Å²) in [6.07, 6.45) is 38.5. The molecule has 3 atom stereocenters. The van der Waals surface area contributed by atoms with Gasteiger partial charge in [-0.2, -0.15) is 0 Å². The summed E-state index contributed by atoms with van der Waals surface area (Å²) in [5.74, 6) is -0.933. The molecule has 318 valence electrons. The molecule has 0 aromatic heterocycles. The fraction of sp³-hybridized carbons (Fsp3) is 0.860. The average Bonchev–Trinajstić information content (AvgIpc) is 3.16. The van der Waals surface area contributed by atoms with E-state index in [1.807, 2.05) is 0 Å². The van der Waals surface area contributed by atoms with E-state index in [0.29, 0.717) is 12.8 Å². The number of ether oxygens (including phenoxy) is 2. The number of rotatable bonds is 41. The maximum absolute atomic E-state index is 12.6. The lowest BCUT2D eigenvalue weighted by Gasteiger charge is -2.20. The highest BCUT2D eigenvalue weighted by molar-refractivity contribution is 7.47. The molecular weight excluding hydrogens is 707 g/mol. The standard InChI is InChI=1S/C43H81O10P/c1-3-5-7-9-11-13-15-17-19-20-21-23-24-26-28-30-32-34-42(46)50-38-41(39-52-54(48,49)51-37-40(45)36-44)53-43(47)35-33-31-29-27-25-22-18-16-14-12-10-8-6-4-2/h10,12,16,18,40-41,44-45H,3-9,11,13-15,17,19-39H2,1-2H3,(H,48,49)/b12-10-,18-16-. The SMILES string of the molecule is CCCC/C=C\C/C=C\CCCCCCCC(=O)OC(COC(=O)CCCCCCCCCCCCCCCCCCC)COP(=O)(O)OCC(O)CO. The van der Waals surface area contributed by atoms with E-state index < -0.39 is 51.8 Å². The zero-order chi connectivity index (χ0) is 39.8. The van der Waals surface area contributed by atoms with Crippen molar-refractivity contribution in [2.75, 3.05) is 26.4 Å². The molecule has 10 nitrogen and oxygen atoms in total. The largest absolute Gasteiger partial charge is 0.472 e. The minimum absolute atomic E-state index is 0.171. The van der Waals surface area contributed by atoms with E-state index in [4.69, 9.17) is 19.1 Å². The normalized spacial score (nSPS) is 14.1. The first-order valence-corrected chi connectivity index (χ1v) is 23.3. The van der Waals surface area contributed by atoms with Gasteiger partial charge in [0.25, 0.3) is 0 Å². The Balaban J connectivity index is 4.27. The fourth-order valence-electron chi connectivity index (χ4n) is 5.95. The van der Waals surface area contributed by atoms with Gasteiger partial charge in [-0.05, 0) is 38.5 Å². The molecule has 0 aromatic carbocycles. The monoisotopic (exact) mass is 789 g/mol. The number of carbonyl (C=O) groups excluding carboxylic acids is 2. The van der Waals surface area contributed by atoms with Gasteiger partial charge in [0.15, 0.2) is 6.10 Å². The van der Waals surface area contributed by atoms with Crippen LogP contribution < -0.4 is 0 Å². The van der Waals surface area contributed by atoms with Crippen LogP contribution >= 0.6 is 7.82 Å². The zero-order valence-electron chi connectivity index (χ0n) is 34.4. The summed E-state index contributed by atoms with van der Waals surface area (Å²) in [4.78, 5) is 35.0. The fourth-order valence-corrected chi connectivity index (χ4v) is 6.74. The van der Waals surface area contributed by atoms with Gasteiger partial charge in [0.05, 0.1) is 19.8 Å². The smallest absolute Gasteiger partial charge is 0.462 e. The van der Waals surface area contributed by atoms with Crippen molar-refractivity contribution in [2.45, 2.75) is 212 Å². The van der Waals surface area contributed by atoms with Gasteiger partial charge in [-0.1, -0.05) is 173 Å². The van der Waals surface area contributed by atoms with Crippen molar-refractivity contribution in [1.29, 1.82) is 0 Å². The Labute approximate surface area is 329 Å². The highest BCUT2D eigenvalue weighted by atomic mass is 31.2. The van der Waals surface area contributed by atoms with Crippen LogP contribution in [-0.2, 0) is 32.7 Å². The number of hydrogen-bond acceptors (Lipinski definition) is 9. The summed E-state index contributed by atoms with van der Waals surface area (Å²) in [5.41, 5.74) is 0. The third-order valence-corrected chi connectivity index (χ3v) is 10.3. The maximum atomic E-state index is 12.6. The van der Waals surface area contributed by atoms with Gasteiger partial charge in [-0.15, -0.1) is 0 Å². The van der Waals surface area contributed by atoms with Gasteiger partial charge < -0.3 is 24.6 Å². The Morgan fingerprint density at radius 2 is 0.981 bits per heavy atom. The number of unbranched alkanes of at least 4 members (excludes halogenated alkanes) is 23. The lowest BCUT2D eigenvalue weighted by Crippen LogP contribution is -2.29. The van der Waals surface area contributed by atoms with Crippen molar-refractivity contribution >= 4 is 19.8 Å². The van der Waals surface area contributed by atoms with Crippen LogP contribution in [0.3, 0.4) is 0 Å². The highest BCUT2D eigenvalue weighted by Gasteiger charge is 2.27. The second kappa shape index (κ2) is 39.7. The lowest BCUT2D eigenvalue weighted by molar-refractivity contribution is -0.161. The summed E-state index contributed by atoms with van der Waals surface area (Å²) >= 11 is 0. The Hall–Kier alpha value is -1.55. The second-order valence-electron chi connectivity index (χ2n) is 14.7. The van der Waals surface area contributed by atoms with Crippen LogP contribution in [0.4, 0.5) is 0 Å². The van der Waals surface area contributed by atoms with Crippen LogP contribution in [0.5, 0.6) is 0 Å². The van der Waals surface area contributed by atoms with Crippen LogP contribution in [0, 0.1) is 0 Å². The Morgan fingerprint density at radius 3 is 1.48 bits per heavy atom. The molecule has 0 aliphatic carbocycles. The number of phosphoric acid groups is 1. The Bertz CT molecular complexity index is 957. The molecular formula is C43H81O10P. The lowest BCUT2D eigenvalue weighted by atomic mass is 10.0. The van der Waals surface area contributed by atoms with E-state index in [9.17, 15) is 24.2 Å². The van der Waals surface area contributed by atoms with Gasteiger partial charge >= 0.3 is 19.8 Å². The van der Waals surface area contributed by atoms with Crippen molar-refractivity contribution in [3.05, 3.63) is 24.3 Å². The van der Waals surface area contributed by atoms with Crippen molar-refractivity contribution in [1.82, 2.24) is 0 Å². The second-order valence-corrected chi connectivity index (χ2v) is 16.2. The molecule has 0 bridgehead atoms. The number of carbonyl (C=O) groups is 2. The number of phosphoric ester groups is 1. The first kappa shape index (κ1) is 52.5. The third-order valence-electron chi connectivity index (χ3n) is 9.36. The molecule has 0 saturated heterocycles. The summed E-state index contributed by atoms with van der Waals surface area (Å²) in [7, 11) is -4.62. The predicted molar refractivity (Wildman–Crippen MR) is 219 cm³/mol. The molecule has 54 heavy (non-hydrogen) atoms. The van der Waals surface area contributed by atoms with Crippen molar-refractivity contribution in [2.24, 2.45) is 0 Å². The van der Waals surface area contributed by atoms with Gasteiger partial charge in [0.1, 0.15) is 12.7 Å². The van der Waals surface area contributed by atoms with E-state index in [1.165, 1.54) is 96.3 Å². The number of allylic oxidation sites excluding steroid dienone is 4. The molecule has 0 amide bonds. The van der Waals surface area contributed by atoms with Crippen LogP contribution in [0.2, 0.25) is 0 Å². The van der Waals surface area contributed by atoms with E-state index in [-0.39, 0.29) is 19.4 Å². The maximum Gasteiger partial charge on any atom is 0.472 e. The molecule has 0 heterocycles. The van der Waals surface area contributed by atoms with Gasteiger partial charge in [-0.25, -0.2) is 4.57 Å². The summed E-state index contributed by atoms with van der Waals surface area (Å²) in [6, 6.07) is 0. The molecule has 0 rings (SSSR count). The topological polar surface area (TPSA) is 149 Å². The molecule has 11 heteroatoms. The predicted octanol–water partition coefficient (Wildman–Crippen LogP) is 11.4. The molecule has 0 radical (unpaired) electrons. The minimum Gasteiger partial charge on any atom is -0.462 e. The van der Waals surface area contributed by atoms with E-state index in [2.05, 4.69) is 42.7 Å². The molecule has 0 spiro atoms. The summed E-state index contributed by atoms with van der Waals surface area (Å²) in [6.45, 7) is 2.34. The van der Waals surface area contributed by atoms with E-state index in [0.717, 1.165) is 64.2 Å². The first-order chi connectivity index (χ1) is 26.2. The van der Waals surface area contributed by atoms with Gasteiger partial charge in [-0.3, -0.25) is 18.6 Å². The Morgan fingerprint density at radius 1 is 0.556 bits per heavy atom. The average molecular weight is 789 g/mol. The molecule has 3 N–H and O–H groups in total. The van der Waals surface area contributed by atoms with Gasteiger partial charge in [0, 0.05) is 12.8 Å². The Kier molecular flexibility index (Phi) is 38.5. The number of aliphatic hydroxyl groups excluding tert-OH is 2. The van der Waals surface area contributed by atoms with Crippen LogP contribution in [0.15, 0.2) is 24.3 Å². The van der Waals surface area contributed by atoms with Crippen molar-refractivity contribution < 1.29 is 47.8 Å². The molecule has 0 fully saturated rings. The van der Waals surface area contributed by atoms with Crippen LogP contribution in [0.1, 0.15) is 200 Å². The van der Waals surface area contributed by atoms with Crippen LogP contribution in [-0.4, -0.2) is 65.7 Å². The molecule has 0 aliphatic heterocycles. The van der Waals surface area contributed by atoms with Crippen molar-refractivity contribution in [3.8, 4) is 0 Å². The minimum atomic E-state index is -4.62. The zero-order valence-corrected chi connectivity index (χ0v) is 35.3.